The molecule has 0 saturated heterocycles. The summed E-state index contributed by atoms with van der Waals surface area (Å²) in [5.41, 5.74) is -0.0697. The van der Waals surface area contributed by atoms with E-state index in [0.717, 1.165) is 18.1 Å². The minimum absolute atomic E-state index is 0.102. The van der Waals surface area contributed by atoms with Crippen LogP contribution in [0.4, 0.5) is 13.2 Å². The van der Waals surface area contributed by atoms with E-state index >= 15 is 0 Å². The molecular formula is C20H17ClF3NO3. The minimum atomic E-state index is -4.53. The lowest BCUT2D eigenvalue weighted by Gasteiger charge is -2.14. The van der Waals surface area contributed by atoms with Gasteiger partial charge in [-0.15, -0.1) is 0 Å². The second kappa shape index (κ2) is 8.56. The van der Waals surface area contributed by atoms with E-state index in [1.54, 1.807) is 30.5 Å². The number of halogens is 4. The van der Waals surface area contributed by atoms with Gasteiger partial charge in [0.15, 0.2) is 0 Å². The Hall–Kier alpha value is -2.67. The van der Waals surface area contributed by atoms with Crippen molar-refractivity contribution in [3.63, 3.8) is 0 Å². The van der Waals surface area contributed by atoms with E-state index in [9.17, 15) is 13.2 Å². The largest absolute Gasteiger partial charge is 0.486 e. The summed E-state index contributed by atoms with van der Waals surface area (Å²) in [5.74, 6) is 1.50. The highest BCUT2D eigenvalue weighted by atomic mass is 35.5. The molecule has 0 atom stereocenters. The summed E-state index contributed by atoms with van der Waals surface area (Å²) in [6.45, 7) is 2.24. The molecule has 0 radical (unpaired) electrons. The molecule has 2 aromatic heterocycles. The first-order chi connectivity index (χ1) is 13.4. The van der Waals surface area contributed by atoms with Crippen molar-refractivity contribution >= 4 is 11.6 Å². The van der Waals surface area contributed by atoms with Gasteiger partial charge in [0.05, 0.1) is 11.8 Å². The van der Waals surface area contributed by atoms with Gasteiger partial charge in [0, 0.05) is 12.3 Å². The van der Waals surface area contributed by atoms with Crippen molar-refractivity contribution in [1.29, 1.82) is 0 Å². The average Bonchev–Trinajstić information content (AvgIpc) is 3.16. The predicted octanol–water partition coefficient (Wildman–Crippen LogP) is 6.67. The molecule has 0 aliphatic rings. The third-order valence-corrected chi connectivity index (χ3v) is 4.13. The maximum absolute atomic E-state index is 12.8. The van der Waals surface area contributed by atoms with Crippen LogP contribution >= 0.6 is 11.6 Å². The van der Waals surface area contributed by atoms with Gasteiger partial charge in [-0.05, 0) is 36.2 Å². The molecular weight excluding hydrogens is 395 g/mol. The summed E-state index contributed by atoms with van der Waals surface area (Å²) in [7, 11) is 0. The SMILES string of the molecule is CCCc1ccc(OCc2ccco2)cc1Oc1ncc(C(F)(F)F)cc1Cl. The van der Waals surface area contributed by atoms with Crippen LogP contribution in [0, 0.1) is 0 Å². The summed E-state index contributed by atoms with van der Waals surface area (Å²) in [6, 6.07) is 9.63. The number of pyridine rings is 1. The van der Waals surface area contributed by atoms with Crippen molar-refractivity contribution in [1.82, 2.24) is 4.98 Å². The number of nitrogens with zero attached hydrogens (tertiary/aromatic N) is 1. The molecule has 0 aliphatic heterocycles. The summed E-state index contributed by atoms with van der Waals surface area (Å²) in [6.07, 6.45) is -0.709. The average molecular weight is 412 g/mol. The van der Waals surface area contributed by atoms with E-state index < -0.39 is 11.7 Å². The van der Waals surface area contributed by atoms with E-state index in [2.05, 4.69) is 4.98 Å². The fourth-order valence-corrected chi connectivity index (χ4v) is 2.71. The van der Waals surface area contributed by atoms with Crippen molar-refractivity contribution in [3.8, 4) is 17.4 Å². The number of hydrogen-bond donors (Lipinski definition) is 0. The molecule has 0 fully saturated rings. The number of alkyl halides is 3. The van der Waals surface area contributed by atoms with Gasteiger partial charge in [-0.3, -0.25) is 0 Å². The third-order valence-electron chi connectivity index (χ3n) is 3.86. The van der Waals surface area contributed by atoms with Crippen molar-refractivity contribution in [2.24, 2.45) is 0 Å². The molecule has 28 heavy (non-hydrogen) atoms. The molecule has 0 spiro atoms. The number of furan rings is 1. The fourth-order valence-electron chi connectivity index (χ4n) is 2.50. The van der Waals surface area contributed by atoms with Gasteiger partial charge >= 0.3 is 6.18 Å². The Kier molecular flexibility index (Phi) is 6.14. The standard InChI is InChI=1S/C20H17ClF3NO3/c1-2-4-13-6-7-15(27-12-16-5-3-8-26-16)10-18(13)28-19-17(21)9-14(11-25-19)20(22,23)24/h3,5-11H,2,4,12H2,1H3. The highest BCUT2D eigenvalue weighted by molar-refractivity contribution is 6.31. The quantitative estimate of drug-likeness (QED) is 0.435. The van der Waals surface area contributed by atoms with Crippen molar-refractivity contribution in [3.05, 3.63) is 70.8 Å². The maximum atomic E-state index is 12.8. The molecule has 4 nitrogen and oxygen atoms in total. The van der Waals surface area contributed by atoms with Crippen LogP contribution in [0.2, 0.25) is 5.02 Å². The number of aryl methyl sites for hydroxylation is 1. The van der Waals surface area contributed by atoms with Crippen LogP contribution in [0.1, 0.15) is 30.2 Å². The van der Waals surface area contributed by atoms with Crippen molar-refractivity contribution in [2.45, 2.75) is 32.5 Å². The van der Waals surface area contributed by atoms with Crippen LogP contribution < -0.4 is 9.47 Å². The van der Waals surface area contributed by atoms with Gasteiger partial charge in [-0.1, -0.05) is 31.0 Å². The molecule has 0 N–H and O–H groups in total. The van der Waals surface area contributed by atoms with Crippen LogP contribution in [0.15, 0.2) is 53.3 Å². The van der Waals surface area contributed by atoms with Crippen LogP contribution in [0.3, 0.4) is 0 Å². The van der Waals surface area contributed by atoms with Crippen LogP contribution in [-0.2, 0) is 19.2 Å². The molecule has 3 rings (SSSR count). The first kappa shape index (κ1) is 20.1. The molecule has 0 saturated carbocycles. The Morgan fingerprint density at radius 1 is 1.18 bits per heavy atom. The Morgan fingerprint density at radius 2 is 2.00 bits per heavy atom. The molecule has 3 aromatic rings. The number of aromatic nitrogens is 1. The normalized spacial score (nSPS) is 11.5. The highest BCUT2D eigenvalue weighted by Crippen LogP contribution is 2.36. The molecule has 8 heteroatoms. The number of hydrogen-bond acceptors (Lipinski definition) is 4. The second-order valence-electron chi connectivity index (χ2n) is 6.00. The van der Waals surface area contributed by atoms with Gasteiger partial charge in [-0.25, -0.2) is 4.98 Å². The Balaban J connectivity index is 1.83. The topological polar surface area (TPSA) is 44.5 Å². The number of rotatable bonds is 7. The Morgan fingerprint density at radius 3 is 2.64 bits per heavy atom. The molecule has 0 aliphatic carbocycles. The lowest BCUT2D eigenvalue weighted by Crippen LogP contribution is -2.06. The molecule has 0 unspecified atom stereocenters. The summed E-state index contributed by atoms with van der Waals surface area (Å²) in [5, 5.41) is -0.223. The molecule has 0 amide bonds. The second-order valence-corrected chi connectivity index (χ2v) is 6.41. The fraction of sp³-hybridized carbons (Fsp3) is 0.250. The van der Waals surface area contributed by atoms with E-state index in [-0.39, 0.29) is 17.5 Å². The Labute approximate surface area is 164 Å². The van der Waals surface area contributed by atoms with Gasteiger partial charge in [0.2, 0.25) is 5.88 Å². The molecule has 0 bridgehead atoms. The van der Waals surface area contributed by atoms with Gasteiger partial charge < -0.3 is 13.9 Å². The van der Waals surface area contributed by atoms with Gasteiger partial charge in [0.25, 0.3) is 0 Å². The lowest BCUT2D eigenvalue weighted by atomic mass is 10.1. The van der Waals surface area contributed by atoms with E-state index in [4.69, 9.17) is 25.5 Å². The van der Waals surface area contributed by atoms with Gasteiger partial charge in [0.1, 0.15) is 28.9 Å². The number of benzene rings is 1. The number of ether oxygens (including phenoxy) is 2. The summed E-state index contributed by atoms with van der Waals surface area (Å²) in [4.78, 5) is 3.73. The summed E-state index contributed by atoms with van der Waals surface area (Å²) < 4.78 is 55.0. The zero-order valence-electron chi connectivity index (χ0n) is 14.9. The molecule has 1 aromatic carbocycles. The van der Waals surface area contributed by atoms with Crippen LogP contribution in [0.5, 0.6) is 17.4 Å². The minimum Gasteiger partial charge on any atom is -0.486 e. The monoisotopic (exact) mass is 411 g/mol. The van der Waals surface area contributed by atoms with Crippen molar-refractivity contribution < 1.29 is 27.1 Å². The third kappa shape index (κ3) is 4.98. The van der Waals surface area contributed by atoms with E-state index in [1.165, 1.54) is 0 Å². The Bertz CT molecular complexity index is 927. The highest BCUT2D eigenvalue weighted by Gasteiger charge is 2.31. The summed E-state index contributed by atoms with van der Waals surface area (Å²) >= 11 is 5.95. The maximum Gasteiger partial charge on any atom is 0.417 e. The van der Waals surface area contributed by atoms with E-state index in [0.29, 0.717) is 29.9 Å². The van der Waals surface area contributed by atoms with Crippen LogP contribution in [-0.4, -0.2) is 4.98 Å². The first-order valence-electron chi connectivity index (χ1n) is 8.55. The van der Waals surface area contributed by atoms with Crippen molar-refractivity contribution in [2.75, 3.05) is 0 Å². The van der Waals surface area contributed by atoms with E-state index in [1.807, 2.05) is 13.0 Å². The molecule has 148 valence electrons. The zero-order valence-corrected chi connectivity index (χ0v) is 15.7. The van der Waals surface area contributed by atoms with Gasteiger partial charge in [-0.2, -0.15) is 13.2 Å². The predicted molar refractivity (Wildman–Crippen MR) is 97.8 cm³/mol. The van der Waals surface area contributed by atoms with Crippen LogP contribution in [0.25, 0.3) is 0 Å². The first-order valence-corrected chi connectivity index (χ1v) is 8.93. The smallest absolute Gasteiger partial charge is 0.417 e. The molecule has 2 heterocycles. The lowest BCUT2D eigenvalue weighted by molar-refractivity contribution is -0.137. The zero-order chi connectivity index (χ0) is 20.1.